The predicted molar refractivity (Wildman–Crippen MR) is 118 cm³/mol. The molecule has 10 heteroatoms. The van der Waals surface area contributed by atoms with Crippen molar-refractivity contribution in [2.45, 2.75) is 26.9 Å². The fourth-order valence-electron chi connectivity index (χ4n) is 3.05. The largest absolute Gasteiger partial charge is 0.438 e. The molecule has 1 amide bonds. The molecule has 0 atom stereocenters. The van der Waals surface area contributed by atoms with Crippen LogP contribution >= 0.6 is 0 Å². The minimum atomic E-state index is -4.65. The highest BCUT2D eigenvalue weighted by atomic mass is 19.4. The second-order valence-electron chi connectivity index (χ2n) is 8.62. The third-order valence-corrected chi connectivity index (χ3v) is 4.88. The number of alkyl halides is 3. The van der Waals surface area contributed by atoms with Crippen LogP contribution in [-0.2, 0) is 11.0 Å². The van der Waals surface area contributed by atoms with E-state index in [1.54, 1.807) is 32.9 Å². The molecule has 0 fully saturated rings. The number of fused-ring (bicyclic) bond motifs is 1. The molecule has 2 aromatic heterocycles. The van der Waals surface area contributed by atoms with E-state index in [0.29, 0.717) is 22.7 Å². The van der Waals surface area contributed by atoms with Gasteiger partial charge in [-0.1, -0.05) is 26.8 Å². The first-order valence-electron chi connectivity index (χ1n) is 10.2. The number of aromatic nitrogens is 3. The Balaban J connectivity index is 1.68. The highest BCUT2D eigenvalue weighted by Crippen LogP contribution is 2.38. The fourth-order valence-corrected chi connectivity index (χ4v) is 3.05. The number of carbonyl (C=O) groups excluding carboxylic acids is 1. The van der Waals surface area contributed by atoms with Crippen molar-refractivity contribution < 1.29 is 27.1 Å². The van der Waals surface area contributed by atoms with Gasteiger partial charge in [-0.25, -0.2) is 13.9 Å². The molecule has 4 rings (SSSR count). The van der Waals surface area contributed by atoms with Gasteiger partial charge in [0.2, 0.25) is 11.8 Å². The smallest absolute Gasteiger partial charge is 0.418 e. The number of carbonyl (C=O) groups is 1. The van der Waals surface area contributed by atoms with Crippen LogP contribution in [-0.4, -0.2) is 20.5 Å². The lowest BCUT2D eigenvalue weighted by Gasteiger charge is -2.20. The van der Waals surface area contributed by atoms with Crippen molar-refractivity contribution in [3.05, 3.63) is 72.2 Å². The summed E-state index contributed by atoms with van der Waals surface area (Å²) in [6.45, 7) is 4.83. The second kappa shape index (κ2) is 8.44. The van der Waals surface area contributed by atoms with Gasteiger partial charge in [-0.2, -0.15) is 13.2 Å². The number of amides is 1. The number of nitrogens with one attached hydrogen (secondary N) is 1. The molecular formula is C24H20F4N4O2. The zero-order chi connectivity index (χ0) is 24.7. The van der Waals surface area contributed by atoms with Crippen LogP contribution in [0.25, 0.3) is 16.9 Å². The van der Waals surface area contributed by atoms with Crippen LogP contribution in [0, 0.1) is 11.2 Å². The number of hydrogen-bond donors (Lipinski definition) is 1. The van der Waals surface area contributed by atoms with Gasteiger partial charge in [-0.3, -0.25) is 4.79 Å². The third-order valence-electron chi connectivity index (χ3n) is 4.88. The zero-order valence-corrected chi connectivity index (χ0v) is 18.4. The van der Waals surface area contributed by atoms with Gasteiger partial charge in [0.15, 0.2) is 5.65 Å². The van der Waals surface area contributed by atoms with Crippen LogP contribution in [0.4, 0.5) is 23.2 Å². The average Bonchev–Trinajstić information content (AvgIpc) is 3.17. The van der Waals surface area contributed by atoms with Crippen molar-refractivity contribution in [2.75, 3.05) is 5.32 Å². The number of hydrogen-bond acceptors (Lipinski definition) is 4. The van der Waals surface area contributed by atoms with Crippen LogP contribution in [0.1, 0.15) is 26.3 Å². The van der Waals surface area contributed by atoms with E-state index in [4.69, 9.17) is 4.74 Å². The molecule has 2 heterocycles. The SMILES string of the molecule is CC(C)(C)C(=O)Nc1cc(-c2cn3nc(Oc4ccc(F)cc4)ccc3n2)ccc1C(F)(F)F. The molecule has 0 radical (unpaired) electrons. The van der Waals surface area contributed by atoms with E-state index in [1.165, 1.54) is 47.1 Å². The van der Waals surface area contributed by atoms with Crippen molar-refractivity contribution in [1.82, 2.24) is 14.6 Å². The summed E-state index contributed by atoms with van der Waals surface area (Å²) < 4.78 is 60.7. The summed E-state index contributed by atoms with van der Waals surface area (Å²) in [5.41, 5.74) is -1.04. The summed E-state index contributed by atoms with van der Waals surface area (Å²) >= 11 is 0. The van der Waals surface area contributed by atoms with Crippen LogP contribution in [0.5, 0.6) is 11.6 Å². The number of nitrogens with zero attached hydrogens (tertiary/aromatic N) is 3. The molecule has 0 spiro atoms. The maximum Gasteiger partial charge on any atom is 0.418 e. The Morgan fingerprint density at radius 3 is 2.35 bits per heavy atom. The van der Waals surface area contributed by atoms with Crippen LogP contribution in [0.3, 0.4) is 0 Å². The highest BCUT2D eigenvalue weighted by Gasteiger charge is 2.35. The first-order valence-corrected chi connectivity index (χ1v) is 10.2. The molecular weight excluding hydrogens is 452 g/mol. The molecule has 0 saturated carbocycles. The van der Waals surface area contributed by atoms with E-state index < -0.39 is 28.9 Å². The van der Waals surface area contributed by atoms with Gasteiger partial charge in [-0.15, -0.1) is 5.10 Å². The fraction of sp³-hybridized carbons (Fsp3) is 0.208. The molecule has 2 aromatic carbocycles. The summed E-state index contributed by atoms with van der Waals surface area (Å²) in [5.74, 6) is -0.344. The second-order valence-corrected chi connectivity index (χ2v) is 8.62. The van der Waals surface area contributed by atoms with Crippen LogP contribution in [0.2, 0.25) is 0 Å². The van der Waals surface area contributed by atoms with Crippen molar-refractivity contribution in [3.63, 3.8) is 0 Å². The molecule has 34 heavy (non-hydrogen) atoms. The molecule has 176 valence electrons. The van der Waals surface area contributed by atoms with Crippen molar-refractivity contribution in [3.8, 4) is 22.9 Å². The summed E-state index contributed by atoms with van der Waals surface area (Å²) in [5, 5.41) is 6.67. The Morgan fingerprint density at radius 1 is 1.00 bits per heavy atom. The Labute approximate surface area is 192 Å². The lowest BCUT2D eigenvalue weighted by molar-refractivity contribution is -0.137. The number of rotatable bonds is 4. The first kappa shape index (κ1) is 23.2. The van der Waals surface area contributed by atoms with Gasteiger partial charge in [0.05, 0.1) is 23.1 Å². The standard InChI is InChI=1S/C24H20F4N4O2/c1-23(2,3)22(33)30-18-12-14(4-9-17(18)24(26,27)28)19-13-32-20(29-19)10-11-21(31-32)34-16-7-5-15(25)6-8-16/h4-13H,1-3H3,(H,30,33). The molecule has 0 aliphatic rings. The topological polar surface area (TPSA) is 68.5 Å². The Hall–Kier alpha value is -3.95. The zero-order valence-electron chi connectivity index (χ0n) is 18.4. The van der Waals surface area contributed by atoms with E-state index in [0.717, 1.165) is 6.07 Å². The van der Waals surface area contributed by atoms with Crippen LogP contribution < -0.4 is 10.1 Å². The molecule has 1 N–H and O–H groups in total. The quantitative estimate of drug-likeness (QED) is 0.353. The molecule has 0 aliphatic carbocycles. The summed E-state index contributed by atoms with van der Waals surface area (Å²) in [6.07, 6.45) is -3.11. The van der Waals surface area contributed by atoms with Crippen molar-refractivity contribution >= 4 is 17.2 Å². The summed E-state index contributed by atoms with van der Waals surface area (Å²) in [7, 11) is 0. The molecule has 0 unspecified atom stereocenters. The number of benzene rings is 2. The number of ether oxygens (including phenoxy) is 1. The van der Waals surface area contributed by atoms with Crippen molar-refractivity contribution in [2.24, 2.45) is 5.41 Å². The Morgan fingerprint density at radius 2 is 1.71 bits per heavy atom. The van der Waals surface area contributed by atoms with E-state index in [1.807, 2.05) is 0 Å². The van der Waals surface area contributed by atoms with E-state index >= 15 is 0 Å². The van der Waals surface area contributed by atoms with Gasteiger partial charge in [0.1, 0.15) is 11.6 Å². The summed E-state index contributed by atoms with van der Waals surface area (Å²) in [4.78, 5) is 16.8. The normalized spacial score (nSPS) is 12.1. The highest BCUT2D eigenvalue weighted by molar-refractivity contribution is 5.96. The molecule has 0 aliphatic heterocycles. The third kappa shape index (κ3) is 5.00. The van der Waals surface area contributed by atoms with Gasteiger partial charge < -0.3 is 10.1 Å². The van der Waals surface area contributed by atoms with E-state index in [-0.39, 0.29) is 11.6 Å². The number of anilines is 1. The molecule has 0 bridgehead atoms. The van der Waals surface area contributed by atoms with Crippen LogP contribution in [0.15, 0.2) is 60.8 Å². The number of imidazole rings is 1. The first-order chi connectivity index (χ1) is 15.9. The lowest BCUT2D eigenvalue weighted by atomic mass is 9.95. The summed E-state index contributed by atoms with van der Waals surface area (Å²) in [6, 6.07) is 12.0. The molecule has 4 aromatic rings. The average molecular weight is 472 g/mol. The lowest BCUT2D eigenvalue weighted by Crippen LogP contribution is -2.28. The minimum Gasteiger partial charge on any atom is -0.438 e. The Kier molecular flexibility index (Phi) is 5.76. The Bertz CT molecular complexity index is 1360. The van der Waals surface area contributed by atoms with E-state index in [2.05, 4.69) is 15.4 Å². The molecule has 6 nitrogen and oxygen atoms in total. The minimum absolute atomic E-state index is 0.216. The predicted octanol–water partition coefficient (Wildman–Crippen LogP) is 6.33. The van der Waals surface area contributed by atoms with E-state index in [9.17, 15) is 22.4 Å². The van der Waals surface area contributed by atoms with Crippen molar-refractivity contribution in [1.29, 1.82) is 0 Å². The maximum atomic E-state index is 13.5. The van der Waals surface area contributed by atoms with Gasteiger partial charge >= 0.3 is 6.18 Å². The molecule has 0 saturated heterocycles. The van der Waals surface area contributed by atoms with Gasteiger partial charge in [0, 0.05) is 17.0 Å². The van der Waals surface area contributed by atoms with Gasteiger partial charge in [0.25, 0.3) is 0 Å². The monoisotopic (exact) mass is 472 g/mol. The number of halogens is 4. The maximum absolute atomic E-state index is 13.5. The van der Waals surface area contributed by atoms with Gasteiger partial charge in [-0.05, 0) is 42.5 Å².